The molecule has 0 aliphatic carbocycles. The molecule has 5 heteroatoms. The summed E-state index contributed by atoms with van der Waals surface area (Å²) in [6.07, 6.45) is 3.42. The smallest absolute Gasteiger partial charge is 0.314 e. The Morgan fingerprint density at radius 2 is 2.11 bits per heavy atom. The normalized spacial score (nSPS) is 18.3. The molecule has 0 bridgehead atoms. The summed E-state index contributed by atoms with van der Waals surface area (Å²) in [5, 5.41) is 3.30. The maximum atomic E-state index is 11.9. The molecule has 1 atom stereocenters. The van der Waals surface area contributed by atoms with Crippen molar-refractivity contribution in [3.63, 3.8) is 0 Å². The molecule has 5 nitrogen and oxygen atoms in total. The lowest BCUT2D eigenvalue weighted by molar-refractivity contribution is -0.143. The van der Waals surface area contributed by atoms with Crippen molar-refractivity contribution in [3.05, 3.63) is 30.1 Å². The number of methoxy groups -OCH3 is 1. The molecule has 0 spiro atoms. The first kappa shape index (κ1) is 13.0. The summed E-state index contributed by atoms with van der Waals surface area (Å²) in [6.45, 7) is 4.60. The van der Waals surface area contributed by atoms with Crippen molar-refractivity contribution in [2.45, 2.75) is 5.92 Å². The zero-order valence-electron chi connectivity index (χ0n) is 10.6. The van der Waals surface area contributed by atoms with E-state index in [0.29, 0.717) is 6.54 Å². The maximum absolute atomic E-state index is 11.9. The molecule has 1 unspecified atom stereocenters. The van der Waals surface area contributed by atoms with Crippen LogP contribution in [-0.2, 0) is 9.53 Å². The predicted molar refractivity (Wildman–Crippen MR) is 68.3 cm³/mol. The van der Waals surface area contributed by atoms with Gasteiger partial charge in [-0.3, -0.25) is 14.7 Å². The van der Waals surface area contributed by atoms with Crippen molar-refractivity contribution < 1.29 is 9.53 Å². The zero-order chi connectivity index (χ0) is 12.8. The Balaban J connectivity index is 2.07. The number of hydrogen-bond donors (Lipinski definition) is 1. The molecule has 0 radical (unpaired) electrons. The van der Waals surface area contributed by atoms with Crippen LogP contribution in [0.1, 0.15) is 11.5 Å². The molecule has 1 N–H and O–H groups in total. The van der Waals surface area contributed by atoms with Gasteiger partial charge in [0.2, 0.25) is 0 Å². The monoisotopic (exact) mass is 249 g/mol. The molecule has 18 heavy (non-hydrogen) atoms. The summed E-state index contributed by atoms with van der Waals surface area (Å²) in [5.41, 5.74) is 0.968. The van der Waals surface area contributed by atoms with Crippen LogP contribution in [0, 0.1) is 0 Å². The number of esters is 1. The maximum Gasteiger partial charge on any atom is 0.314 e. The van der Waals surface area contributed by atoms with Gasteiger partial charge in [0.25, 0.3) is 0 Å². The van der Waals surface area contributed by atoms with Gasteiger partial charge in [-0.05, 0) is 17.7 Å². The number of carbonyl (C=O) groups is 1. The first-order chi connectivity index (χ1) is 8.81. The van der Waals surface area contributed by atoms with E-state index in [4.69, 9.17) is 4.74 Å². The number of aromatic nitrogens is 1. The molecule has 2 rings (SSSR count). The highest BCUT2D eigenvalue weighted by molar-refractivity contribution is 5.78. The molecule has 1 aromatic heterocycles. The van der Waals surface area contributed by atoms with Gasteiger partial charge in [-0.2, -0.15) is 0 Å². The minimum absolute atomic E-state index is 0.181. The molecule has 1 saturated heterocycles. The lowest BCUT2D eigenvalue weighted by atomic mass is 9.99. The number of ether oxygens (including phenoxy) is 1. The summed E-state index contributed by atoms with van der Waals surface area (Å²) < 4.78 is 4.91. The molecule has 0 amide bonds. The molecule has 1 aliphatic rings. The summed E-state index contributed by atoms with van der Waals surface area (Å²) in [4.78, 5) is 18.2. The summed E-state index contributed by atoms with van der Waals surface area (Å²) in [6, 6.07) is 3.76. The predicted octanol–water partition coefficient (Wildman–Crippen LogP) is 0.243. The molecule has 98 valence electrons. The molecule has 1 fully saturated rings. The van der Waals surface area contributed by atoms with Crippen LogP contribution >= 0.6 is 0 Å². The summed E-state index contributed by atoms with van der Waals surface area (Å²) in [7, 11) is 1.44. The van der Waals surface area contributed by atoms with Gasteiger partial charge < -0.3 is 10.1 Å². The van der Waals surface area contributed by atoms with Crippen LogP contribution in [0.15, 0.2) is 24.5 Å². The lowest BCUT2D eigenvalue weighted by Crippen LogP contribution is -2.45. The van der Waals surface area contributed by atoms with Gasteiger partial charge in [-0.15, -0.1) is 0 Å². The number of pyridine rings is 1. The number of nitrogens with one attached hydrogen (secondary N) is 1. The highest BCUT2D eigenvalue weighted by Crippen LogP contribution is 2.18. The molecule has 1 aliphatic heterocycles. The highest BCUT2D eigenvalue weighted by atomic mass is 16.5. The Morgan fingerprint density at radius 1 is 1.44 bits per heavy atom. The Bertz CT molecular complexity index is 377. The fourth-order valence-corrected chi connectivity index (χ4v) is 2.21. The third-order valence-corrected chi connectivity index (χ3v) is 3.24. The largest absolute Gasteiger partial charge is 0.469 e. The van der Waals surface area contributed by atoms with E-state index in [1.54, 1.807) is 12.4 Å². The van der Waals surface area contributed by atoms with Gasteiger partial charge in [0.1, 0.15) is 0 Å². The molecular weight excluding hydrogens is 230 g/mol. The van der Waals surface area contributed by atoms with Crippen molar-refractivity contribution in [1.82, 2.24) is 15.2 Å². The second-order valence-corrected chi connectivity index (χ2v) is 4.41. The van der Waals surface area contributed by atoms with E-state index in [1.165, 1.54) is 7.11 Å². The van der Waals surface area contributed by atoms with Gasteiger partial charge in [0, 0.05) is 45.1 Å². The van der Waals surface area contributed by atoms with E-state index in [9.17, 15) is 4.79 Å². The Hall–Kier alpha value is -1.46. The fraction of sp³-hybridized carbons (Fsp3) is 0.538. The molecule has 0 saturated carbocycles. The van der Waals surface area contributed by atoms with E-state index in [2.05, 4.69) is 15.2 Å². The van der Waals surface area contributed by atoms with E-state index in [1.807, 2.05) is 12.1 Å². The van der Waals surface area contributed by atoms with Crippen molar-refractivity contribution in [1.29, 1.82) is 0 Å². The average molecular weight is 249 g/mol. The number of rotatable bonds is 4. The number of nitrogens with zero attached hydrogens (tertiary/aromatic N) is 2. The van der Waals surface area contributed by atoms with E-state index in [-0.39, 0.29) is 11.9 Å². The van der Waals surface area contributed by atoms with Crippen LogP contribution in [0.3, 0.4) is 0 Å². The van der Waals surface area contributed by atoms with Crippen LogP contribution in [0.4, 0.5) is 0 Å². The summed E-state index contributed by atoms with van der Waals surface area (Å²) >= 11 is 0. The van der Waals surface area contributed by atoms with Crippen molar-refractivity contribution >= 4 is 5.97 Å². The molecular formula is C13H19N3O2. The van der Waals surface area contributed by atoms with Crippen LogP contribution in [0.25, 0.3) is 0 Å². The highest BCUT2D eigenvalue weighted by Gasteiger charge is 2.24. The molecule has 2 heterocycles. The van der Waals surface area contributed by atoms with Gasteiger partial charge in [0.15, 0.2) is 0 Å². The van der Waals surface area contributed by atoms with Crippen LogP contribution < -0.4 is 5.32 Å². The van der Waals surface area contributed by atoms with Crippen LogP contribution in [-0.4, -0.2) is 55.7 Å². The van der Waals surface area contributed by atoms with Gasteiger partial charge in [-0.25, -0.2) is 0 Å². The third kappa shape index (κ3) is 3.27. The van der Waals surface area contributed by atoms with Crippen LogP contribution in [0.2, 0.25) is 0 Å². The third-order valence-electron chi connectivity index (χ3n) is 3.24. The fourth-order valence-electron chi connectivity index (χ4n) is 2.21. The molecule has 1 aromatic rings. The molecule has 0 aromatic carbocycles. The van der Waals surface area contributed by atoms with Crippen molar-refractivity contribution in [2.75, 3.05) is 39.8 Å². The SMILES string of the molecule is COC(=O)C(CN1CCNCC1)c1ccncc1. The van der Waals surface area contributed by atoms with Crippen molar-refractivity contribution in [2.24, 2.45) is 0 Å². The second-order valence-electron chi connectivity index (χ2n) is 4.41. The minimum atomic E-state index is -0.226. The standard InChI is InChI=1S/C13H19N3O2/c1-18-13(17)12(11-2-4-14-5-3-11)10-16-8-6-15-7-9-16/h2-5,12,15H,6-10H2,1H3. The Labute approximate surface area is 107 Å². The Morgan fingerprint density at radius 3 is 2.72 bits per heavy atom. The van der Waals surface area contributed by atoms with E-state index >= 15 is 0 Å². The van der Waals surface area contributed by atoms with Crippen molar-refractivity contribution in [3.8, 4) is 0 Å². The Kier molecular flexibility index (Phi) is 4.66. The lowest BCUT2D eigenvalue weighted by Gasteiger charge is -2.30. The minimum Gasteiger partial charge on any atom is -0.469 e. The second kappa shape index (κ2) is 6.47. The van der Waals surface area contributed by atoms with E-state index in [0.717, 1.165) is 31.7 Å². The first-order valence-electron chi connectivity index (χ1n) is 6.22. The van der Waals surface area contributed by atoms with Gasteiger partial charge in [0.05, 0.1) is 13.0 Å². The van der Waals surface area contributed by atoms with E-state index < -0.39 is 0 Å². The number of piperazine rings is 1. The average Bonchev–Trinajstić information content (AvgIpc) is 2.46. The van der Waals surface area contributed by atoms with Gasteiger partial charge >= 0.3 is 5.97 Å². The number of hydrogen-bond acceptors (Lipinski definition) is 5. The van der Waals surface area contributed by atoms with Gasteiger partial charge in [-0.1, -0.05) is 0 Å². The number of carbonyl (C=O) groups excluding carboxylic acids is 1. The quantitative estimate of drug-likeness (QED) is 0.775. The zero-order valence-corrected chi connectivity index (χ0v) is 10.6. The topological polar surface area (TPSA) is 54.5 Å². The first-order valence-corrected chi connectivity index (χ1v) is 6.22. The summed E-state index contributed by atoms with van der Waals surface area (Å²) in [5.74, 6) is -0.407. The van der Waals surface area contributed by atoms with Crippen LogP contribution in [0.5, 0.6) is 0 Å².